The first kappa shape index (κ1) is 26.0. The first-order chi connectivity index (χ1) is 16.4. The van der Waals surface area contributed by atoms with Crippen LogP contribution in [-0.2, 0) is 14.3 Å². The van der Waals surface area contributed by atoms with Crippen molar-refractivity contribution in [3.05, 3.63) is 33.9 Å². The molecule has 9 atom stereocenters. The molecule has 7 heteroatoms. The van der Waals surface area contributed by atoms with Crippen LogP contribution >= 0.6 is 0 Å². The molecule has 1 heterocycles. The number of rotatable bonds is 4. The molecule has 35 heavy (non-hydrogen) atoms. The summed E-state index contributed by atoms with van der Waals surface area (Å²) in [4.78, 5) is 11.4. The number of ether oxygens (including phenoxy) is 3. The SMILES string of the molecule is CC(=O)O[C@@H]1[C@H](O)[C@@H](O)[C@@H](Oc2c(C)c3c4c(c2O)[C@@H](C)CC[C@@H]4[C@@H](C)C[C@H]3C=C(C)C)O[C@@H]1C. The number of carbonyl (C=O) groups excluding carboxylic acids is 1. The Kier molecular flexibility index (Phi) is 7.24. The molecule has 0 radical (unpaired) electrons. The number of aliphatic hydroxyl groups excluding tert-OH is 2. The van der Waals surface area contributed by atoms with Crippen molar-refractivity contribution >= 4 is 5.97 Å². The lowest BCUT2D eigenvalue weighted by Crippen LogP contribution is -2.59. The second kappa shape index (κ2) is 9.75. The fraction of sp³-hybridized carbons (Fsp3) is 0.679. The number of esters is 1. The molecule has 3 N–H and O–H groups in total. The van der Waals surface area contributed by atoms with Crippen molar-refractivity contribution in [2.24, 2.45) is 5.92 Å². The molecule has 1 aromatic carbocycles. The summed E-state index contributed by atoms with van der Waals surface area (Å²) < 4.78 is 17.2. The zero-order valence-corrected chi connectivity index (χ0v) is 21.9. The van der Waals surface area contributed by atoms with Crippen LogP contribution in [0.4, 0.5) is 0 Å². The molecule has 0 amide bonds. The van der Waals surface area contributed by atoms with Gasteiger partial charge in [0.25, 0.3) is 0 Å². The van der Waals surface area contributed by atoms with E-state index in [1.807, 2.05) is 6.92 Å². The van der Waals surface area contributed by atoms with Gasteiger partial charge in [-0.25, -0.2) is 0 Å². The van der Waals surface area contributed by atoms with Gasteiger partial charge in [0.1, 0.15) is 12.2 Å². The fourth-order valence-electron chi connectivity index (χ4n) is 6.51. The van der Waals surface area contributed by atoms with E-state index >= 15 is 0 Å². The van der Waals surface area contributed by atoms with Gasteiger partial charge < -0.3 is 29.5 Å². The number of aliphatic hydroxyl groups is 2. The summed E-state index contributed by atoms with van der Waals surface area (Å²) in [7, 11) is 0. The fourth-order valence-corrected chi connectivity index (χ4v) is 6.51. The maximum atomic E-state index is 11.5. The summed E-state index contributed by atoms with van der Waals surface area (Å²) in [6, 6.07) is 0. The minimum atomic E-state index is -1.46. The standard InChI is InChI=1S/C28H40O7/c1-12(2)10-18-11-14(4)19-9-8-13(3)20-22(19)21(18)15(5)26(23(20)30)35-28-25(32)24(31)27(16(6)33-28)34-17(7)29/h10,13-14,16,18-19,24-25,27-28,30-32H,8-9,11H2,1-7H3/t13-,14-,16+,18+,19+,24+,25+,27-,28+/m0/s1. The van der Waals surface area contributed by atoms with Crippen molar-refractivity contribution in [1.29, 1.82) is 0 Å². The first-order valence-electron chi connectivity index (χ1n) is 12.8. The summed E-state index contributed by atoms with van der Waals surface area (Å²) in [5, 5.41) is 32.9. The molecule has 0 aromatic heterocycles. The van der Waals surface area contributed by atoms with Crippen molar-refractivity contribution in [2.45, 2.75) is 116 Å². The molecule has 2 aliphatic carbocycles. The molecule has 4 rings (SSSR count). The van der Waals surface area contributed by atoms with Gasteiger partial charge in [0.2, 0.25) is 6.29 Å². The van der Waals surface area contributed by atoms with Crippen LogP contribution in [0.3, 0.4) is 0 Å². The molecule has 7 nitrogen and oxygen atoms in total. The molecular formula is C28H40O7. The van der Waals surface area contributed by atoms with E-state index in [4.69, 9.17) is 14.2 Å². The van der Waals surface area contributed by atoms with Gasteiger partial charge in [0, 0.05) is 18.4 Å². The third-order valence-electron chi connectivity index (χ3n) is 8.10. The third kappa shape index (κ3) is 4.58. The Hall–Kier alpha value is -2.09. The highest BCUT2D eigenvalue weighted by atomic mass is 16.7. The van der Waals surface area contributed by atoms with Crippen LogP contribution in [0.15, 0.2) is 11.6 Å². The Morgan fingerprint density at radius 3 is 2.34 bits per heavy atom. The van der Waals surface area contributed by atoms with Gasteiger partial charge in [-0.1, -0.05) is 25.5 Å². The zero-order valence-electron chi connectivity index (χ0n) is 21.9. The predicted molar refractivity (Wildman–Crippen MR) is 132 cm³/mol. The number of hydrogen-bond donors (Lipinski definition) is 3. The van der Waals surface area contributed by atoms with E-state index in [0.717, 1.165) is 30.4 Å². The van der Waals surface area contributed by atoms with E-state index in [2.05, 4.69) is 33.8 Å². The topological polar surface area (TPSA) is 105 Å². The molecule has 1 aliphatic heterocycles. The second-order valence-corrected chi connectivity index (χ2v) is 11.1. The van der Waals surface area contributed by atoms with Gasteiger partial charge in [-0.3, -0.25) is 4.79 Å². The van der Waals surface area contributed by atoms with Gasteiger partial charge in [-0.15, -0.1) is 0 Å². The van der Waals surface area contributed by atoms with Crippen LogP contribution in [0.1, 0.15) is 101 Å². The van der Waals surface area contributed by atoms with E-state index in [1.54, 1.807) is 6.92 Å². The first-order valence-corrected chi connectivity index (χ1v) is 12.8. The number of phenols is 1. The van der Waals surface area contributed by atoms with Crippen LogP contribution in [0.5, 0.6) is 11.5 Å². The van der Waals surface area contributed by atoms with E-state index in [9.17, 15) is 20.1 Å². The average Bonchev–Trinajstić information content (AvgIpc) is 2.76. The van der Waals surface area contributed by atoms with Gasteiger partial charge in [-0.05, 0) is 81.4 Å². The van der Waals surface area contributed by atoms with E-state index in [-0.39, 0.29) is 17.6 Å². The number of phenolic OH excluding ortho intramolecular Hbond substituents is 1. The lowest BCUT2D eigenvalue weighted by atomic mass is 9.62. The lowest BCUT2D eigenvalue weighted by Gasteiger charge is -2.44. The van der Waals surface area contributed by atoms with Crippen LogP contribution in [-0.4, -0.2) is 52.0 Å². The number of allylic oxidation sites excluding steroid dienone is 2. The van der Waals surface area contributed by atoms with Crippen LogP contribution < -0.4 is 4.74 Å². The van der Waals surface area contributed by atoms with Crippen molar-refractivity contribution in [3.8, 4) is 11.5 Å². The third-order valence-corrected chi connectivity index (χ3v) is 8.10. The largest absolute Gasteiger partial charge is 0.504 e. The molecule has 0 bridgehead atoms. The summed E-state index contributed by atoms with van der Waals surface area (Å²) >= 11 is 0. The van der Waals surface area contributed by atoms with Crippen molar-refractivity contribution in [3.63, 3.8) is 0 Å². The molecule has 194 valence electrons. The summed E-state index contributed by atoms with van der Waals surface area (Å²) in [5.74, 6) is 1.13. The summed E-state index contributed by atoms with van der Waals surface area (Å²) in [6.07, 6.45) is -0.340. The maximum Gasteiger partial charge on any atom is 0.303 e. The molecule has 1 aromatic rings. The molecule has 1 saturated heterocycles. The highest BCUT2D eigenvalue weighted by molar-refractivity contribution is 5.66. The molecule has 3 aliphatic rings. The van der Waals surface area contributed by atoms with Crippen molar-refractivity contribution < 1.29 is 34.3 Å². The number of hydrogen-bond acceptors (Lipinski definition) is 7. The normalized spacial score (nSPS) is 36.2. The zero-order chi connectivity index (χ0) is 25.8. The Balaban J connectivity index is 1.78. The highest BCUT2D eigenvalue weighted by Gasteiger charge is 2.47. The minimum absolute atomic E-state index is 0.101. The molecule has 0 spiro atoms. The van der Waals surface area contributed by atoms with Crippen LogP contribution in [0.25, 0.3) is 0 Å². The van der Waals surface area contributed by atoms with Gasteiger partial charge in [0.15, 0.2) is 17.6 Å². The highest BCUT2D eigenvalue weighted by Crippen LogP contribution is 2.58. The second-order valence-electron chi connectivity index (χ2n) is 11.1. The average molecular weight is 489 g/mol. The van der Waals surface area contributed by atoms with E-state index < -0.39 is 36.7 Å². The summed E-state index contributed by atoms with van der Waals surface area (Å²) in [6.45, 7) is 13.5. The van der Waals surface area contributed by atoms with Gasteiger partial charge in [-0.2, -0.15) is 0 Å². The quantitative estimate of drug-likeness (QED) is 0.422. The Labute approximate surface area is 208 Å². The van der Waals surface area contributed by atoms with Gasteiger partial charge >= 0.3 is 5.97 Å². The molecular weight excluding hydrogens is 448 g/mol. The van der Waals surface area contributed by atoms with E-state index in [0.29, 0.717) is 17.6 Å². The Morgan fingerprint density at radius 1 is 1.03 bits per heavy atom. The monoisotopic (exact) mass is 488 g/mol. The molecule has 0 saturated carbocycles. The Morgan fingerprint density at radius 2 is 1.71 bits per heavy atom. The molecule has 0 unspecified atom stereocenters. The maximum absolute atomic E-state index is 11.5. The van der Waals surface area contributed by atoms with Crippen molar-refractivity contribution in [2.75, 3.05) is 0 Å². The molecule has 1 fully saturated rings. The smallest absolute Gasteiger partial charge is 0.303 e. The van der Waals surface area contributed by atoms with Gasteiger partial charge in [0.05, 0.1) is 6.10 Å². The van der Waals surface area contributed by atoms with E-state index in [1.165, 1.54) is 23.6 Å². The Bertz CT molecular complexity index is 1010. The van der Waals surface area contributed by atoms with Crippen molar-refractivity contribution in [1.82, 2.24) is 0 Å². The summed E-state index contributed by atoms with van der Waals surface area (Å²) in [5.41, 5.74) is 5.50. The number of carbonyl (C=O) groups is 1. The lowest BCUT2D eigenvalue weighted by molar-refractivity contribution is -0.272. The predicted octanol–water partition coefficient (Wildman–Crippen LogP) is 4.55. The minimum Gasteiger partial charge on any atom is -0.504 e. The number of aromatic hydroxyl groups is 1. The van der Waals surface area contributed by atoms with Crippen LogP contribution in [0, 0.1) is 12.8 Å². The number of benzene rings is 1. The van der Waals surface area contributed by atoms with Crippen LogP contribution in [0.2, 0.25) is 0 Å².